The lowest BCUT2D eigenvalue weighted by atomic mass is 9.83. The van der Waals surface area contributed by atoms with Crippen LogP contribution >= 0.6 is 11.3 Å². The molecule has 4 heterocycles. The largest absolute Gasteiger partial charge is 0.481 e. The molecule has 2 aromatic rings. The van der Waals surface area contributed by atoms with E-state index in [0.717, 1.165) is 23.5 Å². The number of carboxylic acid groups (broad SMARTS) is 1. The van der Waals surface area contributed by atoms with Crippen molar-refractivity contribution in [2.75, 3.05) is 17.8 Å². The summed E-state index contributed by atoms with van der Waals surface area (Å²) in [6.45, 7) is 1.40. The number of likely N-dealkylation sites (tertiary alicyclic amines) is 1. The molecular formula is C20H23N3O6S2. The number of pyridine rings is 1. The van der Waals surface area contributed by atoms with Crippen molar-refractivity contribution in [2.45, 2.75) is 42.4 Å². The van der Waals surface area contributed by atoms with E-state index in [9.17, 15) is 22.8 Å². The van der Waals surface area contributed by atoms with Gasteiger partial charge in [-0.1, -0.05) is 6.07 Å². The van der Waals surface area contributed by atoms with Crippen molar-refractivity contribution in [2.24, 2.45) is 5.92 Å². The summed E-state index contributed by atoms with van der Waals surface area (Å²) in [5, 5.41) is 10.4. The molecule has 4 rings (SSSR count). The Kier molecular flexibility index (Phi) is 5.89. The topological polar surface area (TPSA) is 126 Å². The first-order valence-electron chi connectivity index (χ1n) is 10.0. The zero-order valence-corrected chi connectivity index (χ0v) is 18.3. The van der Waals surface area contributed by atoms with E-state index < -0.39 is 16.0 Å². The minimum atomic E-state index is -3.81. The summed E-state index contributed by atoms with van der Waals surface area (Å²) in [7, 11) is -3.81. The van der Waals surface area contributed by atoms with E-state index in [1.54, 1.807) is 27.0 Å². The highest BCUT2D eigenvalue weighted by Crippen LogP contribution is 2.36. The molecule has 31 heavy (non-hydrogen) atoms. The second-order valence-electron chi connectivity index (χ2n) is 7.97. The molecule has 0 aromatic carbocycles. The molecule has 0 radical (unpaired) electrons. The molecule has 2 unspecified atom stereocenters. The highest BCUT2D eigenvalue weighted by molar-refractivity contribution is 7.94. The number of aromatic nitrogens is 1. The van der Waals surface area contributed by atoms with E-state index in [0.29, 0.717) is 26.1 Å². The fourth-order valence-corrected chi connectivity index (χ4v) is 6.44. The second kappa shape index (κ2) is 8.46. The number of nitrogens with zero attached hydrogens (tertiary/aromatic N) is 2. The Morgan fingerprint density at radius 3 is 2.68 bits per heavy atom. The van der Waals surface area contributed by atoms with Crippen molar-refractivity contribution >= 4 is 38.9 Å². The number of amides is 1. The van der Waals surface area contributed by atoms with E-state index >= 15 is 0 Å². The van der Waals surface area contributed by atoms with E-state index in [2.05, 4.69) is 4.72 Å². The van der Waals surface area contributed by atoms with Gasteiger partial charge >= 0.3 is 5.97 Å². The van der Waals surface area contributed by atoms with Gasteiger partial charge in [-0.05, 0) is 42.3 Å². The lowest BCUT2D eigenvalue weighted by molar-refractivity contribution is -0.137. The molecular weight excluding hydrogens is 442 g/mol. The molecule has 2 bridgehead atoms. The van der Waals surface area contributed by atoms with Gasteiger partial charge in [0.1, 0.15) is 9.90 Å². The average Bonchev–Trinajstić information content (AvgIpc) is 3.26. The first-order valence-corrected chi connectivity index (χ1v) is 12.4. The zero-order valence-electron chi connectivity index (χ0n) is 16.7. The highest BCUT2D eigenvalue weighted by atomic mass is 32.2. The number of hydrogen-bond donors (Lipinski definition) is 2. The number of aliphatic carboxylic acids is 1. The lowest BCUT2D eigenvalue weighted by Gasteiger charge is -2.43. The van der Waals surface area contributed by atoms with Crippen LogP contribution in [0.2, 0.25) is 0 Å². The van der Waals surface area contributed by atoms with Crippen LogP contribution in [-0.2, 0) is 26.2 Å². The Balaban J connectivity index is 1.52. The smallest absolute Gasteiger partial charge is 0.303 e. The highest BCUT2D eigenvalue weighted by Gasteiger charge is 2.36. The summed E-state index contributed by atoms with van der Waals surface area (Å²) in [5.74, 6) is -0.891. The van der Waals surface area contributed by atoms with Crippen LogP contribution in [0.15, 0.2) is 38.6 Å². The number of piperidine rings is 1. The number of carbonyl (C=O) groups is 2. The van der Waals surface area contributed by atoms with E-state index in [1.165, 1.54) is 12.1 Å². The van der Waals surface area contributed by atoms with Gasteiger partial charge in [0.2, 0.25) is 5.91 Å². The third kappa shape index (κ3) is 4.52. The average molecular weight is 466 g/mol. The maximum atomic E-state index is 13.0. The van der Waals surface area contributed by atoms with Crippen molar-refractivity contribution in [1.29, 1.82) is 0 Å². The number of anilines is 1. The Morgan fingerprint density at radius 1 is 1.16 bits per heavy atom. The van der Waals surface area contributed by atoms with Crippen LogP contribution in [0.4, 0.5) is 5.69 Å². The van der Waals surface area contributed by atoms with Crippen LogP contribution in [0.1, 0.15) is 37.3 Å². The Bertz CT molecular complexity index is 1160. The van der Waals surface area contributed by atoms with Crippen molar-refractivity contribution in [3.8, 4) is 0 Å². The number of carboxylic acids is 1. The molecule has 2 atom stereocenters. The maximum absolute atomic E-state index is 13.0. The maximum Gasteiger partial charge on any atom is 0.303 e. The summed E-state index contributed by atoms with van der Waals surface area (Å²) < 4.78 is 29.2. The van der Waals surface area contributed by atoms with Crippen LogP contribution in [-0.4, -0.2) is 48.0 Å². The molecule has 2 aromatic heterocycles. The monoisotopic (exact) mass is 465 g/mol. The summed E-state index contributed by atoms with van der Waals surface area (Å²) in [6, 6.07) is 6.37. The third-order valence-corrected chi connectivity index (χ3v) is 8.51. The van der Waals surface area contributed by atoms with Gasteiger partial charge in [0, 0.05) is 44.1 Å². The van der Waals surface area contributed by atoms with Gasteiger partial charge < -0.3 is 14.6 Å². The minimum Gasteiger partial charge on any atom is -0.481 e. The van der Waals surface area contributed by atoms with Gasteiger partial charge in [-0.3, -0.25) is 19.1 Å². The summed E-state index contributed by atoms with van der Waals surface area (Å²) in [4.78, 5) is 38.0. The molecule has 166 valence electrons. The summed E-state index contributed by atoms with van der Waals surface area (Å²) in [5.41, 5.74) is 0.427. The zero-order chi connectivity index (χ0) is 22.2. The molecule has 0 aliphatic carbocycles. The molecule has 11 heteroatoms. The molecule has 1 amide bonds. The van der Waals surface area contributed by atoms with Crippen LogP contribution in [0.25, 0.3) is 0 Å². The van der Waals surface area contributed by atoms with Crippen LogP contribution in [0.5, 0.6) is 0 Å². The minimum absolute atomic E-state index is 0.00780. The van der Waals surface area contributed by atoms with Crippen LogP contribution in [0.3, 0.4) is 0 Å². The normalized spacial score (nSPS) is 20.2. The Labute approximate surface area is 183 Å². The molecule has 2 aliphatic rings. The van der Waals surface area contributed by atoms with Gasteiger partial charge in [-0.15, -0.1) is 11.3 Å². The SMILES string of the molecule is O=C(O)CCCC(=O)N1CC2CC(C1)c1ccc(NS(=O)(=O)c3cccs3)c(=O)n1C2. The molecule has 0 spiro atoms. The standard InChI is InChI=1S/C20H23N3O6S2/c24-17(3-1-4-18(25)26)22-10-13-9-14(12-22)16-7-6-15(20(27)23(16)11-13)21-31(28,29)19-5-2-8-30-19/h2,5-8,13-14,21H,1,3-4,9-12H2,(H,25,26). The number of sulfonamides is 1. The number of rotatable bonds is 7. The first-order chi connectivity index (χ1) is 14.7. The Morgan fingerprint density at radius 2 is 1.97 bits per heavy atom. The number of thiophene rings is 1. The van der Waals surface area contributed by atoms with Crippen molar-refractivity contribution in [1.82, 2.24) is 9.47 Å². The fourth-order valence-electron chi connectivity index (χ4n) is 4.39. The van der Waals surface area contributed by atoms with Gasteiger partial charge in [0.15, 0.2) is 0 Å². The van der Waals surface area contributed by atoms with Crippen molar-refractivity contribution in [3.63, 3.8) is 0 Å². The summed E-state index contributed by atoms with van der Waals surface area (Å²) in [6.07, 6.45) is 1.33. The summed E-state index contributed by atoms with van der Waals surface area (Å²) >= 11 is 1.08. The van der Waals surface area contributed by atoms with Crippen LogP contribution in [0, 0.1) is 5.92 Å². The van der Waals surface area contributed by atoms with Crippen LogP contribution < -0.4 is 10.3 Å². The fraction of sp³-hybridized carbons (Fsp3) is 0.450. The quantitative estimate of drug-likeness (QED) is 0.643. The predicted octanol–water partition coefficient (Wildman–Crippen LogP) is 1.91. The van der Waals surface area contributed by atoms with E-state index in [-0.39, 0.29) is 46.0 Å². The molecule has 1 saturated heterocycles. The van der Waals surface area contributed by atoms with E-state index in [1.807, 2.05) is 0 Å². The molecule has 2 N–H and O–H groups in total. The van der Waals surface area contributed by atoms with Crippen molar-refractivity contribution in [3.05, 3.63) is 45.7 Å². The molecule has 9 nitrogen and oxygen atoms in total. The Hall–Kier alpha value is -2.66. The van der Waals surface area contributed by atoms with Gasteiger partial charge in [0.05, 0.1) is 0 Å². The second-order valence-corrected chi connectivity index (χ2v) is 10.8. The van der Waals surface area contributed by atoms with Gasteiger partial charge in [0.25, 0.3) is 15.6 Å². The van der Waals surface area contributed by atoms with E-state index in [4.69, 9.17) is 5.11 Å². The molecule has 2 aliphatic heterocycles. The molecule has 1 fully saturated rings. The number of nitrogens with one attached hydrogen (secondary N) is 1. The van der Waals surface area contributed by atoms with Crippen molar-refractivity contribution < 1.29 is 23.1 Å². The number of carbonyl (C=O) groups excluding carboxylic acids is 1. The first kappa shape index (κ1) is 21.6. The lowest BCUT2D eigenvalue weighted by Crippen LogP contribution is -2.49. The van der Waals surface area contributed by atoms with Gasteiger partial charge in [-0.2, -0.15) is 0 Å². The molecule has 0 saturated carbocycles. The number of hydrogen-bond acceptors (Lipinski definition) is 6. The third-order valence-electron chi connectivity index (χ3n) is 5.74. The number of fused-ring (bicyclic) bond motifs is 4. The van der Waals surface area contributed by atoms with Gasteiger partial charge in [-0.25, -0.2) is 8.42 Å². The predicted molar refractivity (Wildman–Crippen MR) is 115 cm³/mol.